The average Bonchev–Trinajstić information content (AvgIpc) is 2.88. The standard InChI is InChI=1S/C33H34F2/c1-3-5-6-7-8-9-10-11-27-16-18-29(19-17-27)21-23-31-25-32(34)30(24-33(31)35)22-20-28-14-12-26(4-2)13-15-28/h12-19,24-25H,3-11H2,1-2H3. The maximum absolute atomic E-state index is 14.6. The van der Waals surface area contributed by atoms with E-state index in [1.165, 1.54) is 56.1 Å². The number of benzene rings is 3. The first-order valence-corrected chi connectivity index (χ1v) is 12.8. The average molecular weight is 469 g/mol. The third-order valence-electron chi connectivity index (χ3n) is 6.12. The first-order valence-electron chi connectivity index (χ1n) is 12.8. The maximum Gasteiger partial charge on any atom is 0.140 e. The summed E-state index contributed by atoms with van der Waals surface area (Å²) in [4.78, 5) is 0. The Morgan fingerprint density at radius 3 is 1.49 bits per heavy atom. The molecule has 0 heterocycles. The van der Waals surface area contributed by atoms with Gasteiger partial charge in [0.25, 0.3) is 0 Å². The molecule has 0 amide bonds. The van der Waals surface area contributed by atoms with Gasteiger partial charge in [0.1, 0.15) is 11.6 Å². The summed E-state index contributed by atoms with van der Waals surface area (Å²) in [5, 5.41) is 0. The topological polar surface area (TPSA) is 0 Å². The molecule has 0 radical (unpaired) electrons. The summed E-state index contributed by atoms with van der Waals surface area (Å²) in [6.07, 6.45) is 11.1. The first kappa shape index (κ1) is 26.2. The van der Waals surface area contributed by atoms with Crippen molar-refractivity contribution in [2.45, 2.75) is 71.6 Å². The highest BCUT2D eigenvalue weighted by Crippen LogP contribution is 2.15. The molecule has 0 atom stereocenters. The molecule has 0 aliphatic rings. The van der Waals surface area contributed by atoms with E-state index in [1.54, 1.807) is 0 Å². The Balaban J connectivity index is 1.58. The van der Waals surface area contributed by atoms with E-state index in [4.69, 9.17) is 0 Å². The molecule has 0 saturated heterocycles. The summed E-state index contributed by atoms with van der Waals surface area (Å²) >= 11 is 0. The highest BCUT2D eigenvalue weighted by atomic mass is 19.1. The Morgan fingerprint density at radius 1 is 0.543 bits per heavy atom. The summed E-state index contributed by atoms with van der Waals surface area (Å²) in [6.45, 7) is 4.32. The fourth-order valence-corrected chi connectivity index (χ4v) is 3.88. The zero-order valence-electron chi connectivity index (χ0n) is 20.9. The number of hydrogen-bond acceptors (Lipinski definition) is 0. The lowest BCUT2D eigenvalue weighted by Crippen LogP contribution is -1.92. The van der Waals surface area contributed by atoms with Crippen LogP contribution < -0.4 is 0 Å². The van der Waals surface area contributed by atoms with Crippen LogP contribution in [0.25, 0.3) is 0 Å². The molecule has 0 aliphatic heterocycles. The van der Waals surface area contributed by atoms with Crippen LogP contribution in [0, 0.1) is 35.3 Å². The van der Waals surface area contributed by atoms with Crippen LogP contribution in [0.4, 0.5) is 8.78 Å². The molecule has 0 N–H and O–H groups in total. The molecule has 35 heavy (non-hydrogen) atoms. The quantitative estimate of drug-likeness (QED) is 0.218. The molecular weight excluding hydrogens is 434 g/mol. The summed E-state index contributed by atoms with van der Waals surface area (Å²) in [5.74, 6) is 10.2. The van der Waals surface area contributed by atoms with Crippen LogP contribution in [0.2, 0.25) is 0 Å². The lowest BCUT2D eigenvalue weighted by Gasteiger charge is -2.03. The Hall–Kier alpha value is -3.36. The van der Waals surface area contributed by atoms with Crippen molar-refractivity contribution in [1.29, 1.82) is 0 Å². The van der Waals surface area contributed by atoms with E-state index in [-0.39, 0.29) is 11.1 Å². The molecule has 3 aromatic carbocycles. The van der Waals surface area contributed by atoms with Crippen molar-refractivity contribution in [1.82, 2.24) is 0 Å². The largest absolute Gasteiger partial charge is 0.206 e. The third-order valence-corrected chi connectivity index (χ3v) is 6.12. The molecule has 0 aromatic heterocycles. The third kappa shape index (κ3) is 8.73. The minimum Gasteiger partial charge on any atom is -0.206 e. The number of unbranched alkanes of at least 4 members (excludes halogenated alkanes) is 6. The molecule has 0 saturated carbocycles. The van der Waals surface area contributed by atoms with Gasteiger partial charge in [-0.15, -0.1) is 0 Å². The van der Waals surface area contributed by atoms with Crippen molar-refractivity contribution in [3.05, 3.63) is 106 Å². The normalized spacial score (nSPS) is 10.3. The van der Waals surface area contributed by atoms with E-state index < -0.39 is 11.6 Å². The molecule has 0 fully saturated rings. The summed E-state index contributed by atoms with van der Waals surface area (Å²) in [5.41, 5.74) is 4.11. The molecule has 0 spiro atoms. The van der Waals surface area contributed by atoms with Gasteiger partial charge in [0.2, 0.25) is 0 Å². The molecule has 0 aliphatic carbocycles. The summed E-state index contributed by atoms with van der Waals surface area (Å²) in [6, 6.07) is 18.0. The highest BCUT2D eigenvalue weighted by Gasteiger charge is 2.07. The van der Waals surface area contributed by atoms with Gasteiger partial charge < -0.3 is 0 Å². The molecule has 3 aromatic rings. The molecule has 0 unspecified atom stereocenters. The van der Waals surface area contributed by atoms with Gasteiger partial charge in [-0.25, -0.2) is 8.78 Å². The predicted molar refractivity (Wildman–Crippen MR) is 142 cm³/mol. The second-order valence-corrected chi connectivity index (χ2v) is 8.93. The van der Waals surface area contributed by atoms with E-state index in [9.17, 15) is 8.78 Å². The first-order chi connectivity index (χ1) is 17.1. The zero-order valence-corrected chi connectivity index (χ0v) is 20.9. The monoisotopic (exact) mass is 468 g/mol. The lowest BCUT2D eigenvalue weighted by atomic mass is 10.0. The number of halogens is 2. The van der Waals surface area contributed by atoms with Crippen molar-refractivity contribution in [3.63, 3.8) is 0 Å². The van der Waals surface area contributed by atoms with Gasteiger partial charge in [-0.05, 0) is 66.8 Å². The Kier molecular flexibility index (Phi) is 10.6. The van der Waals surface area contributed by atoms with Crippen LogP contribution in [-0.4, -0.2) is 0 Å². The van der Waals surface area contributed by atoms with E-state index in [2.05, 4.69) is 49.7 Å². The molecular formula is C33H34F2. The van der Waals surface area contributed by atoms with E-state index in [0.29, 0.717) is 0 Å². The van der Waals surface area contributed by atoms with Crippen molar-refractivity contribution in [2.75, 3.05) is 0 Å². The van der Waals surface area contributed by atoms with Crippen molar-refractivity contribution in [2.24, 2.45) is 0 Å². The van der Waals surface area contributed by atoms with Crippen LogP contribution in [0.1, 0.15) is 92.2 Å². The second-order valence-electron chi connectivity index (χ2n) is 8.93. The van der Waals surface area contributed by atoms with Crippen LogP contribution in [0.5, 0.6) is 0 Å². The van der Waals surface area contributed by atoms with Crippen molar-refractivity contribution < 1.29 is 8.78 Å². The minimum atomic E-state index is -0.571. The summed E-state index contributed by atoms with van der Waals surface area (Å²) in [7, 11) is 0. The van der Waals surface area contributed by atoms with Gasteiger partial charge in [0.15, 0.2) is 0 Å². The minimum absolute atomic E-state index is 0.0299. The fraction of sp³-hybridized carbons (Fsp3) is 0.333. The molecule has 2 heteroatoms. The maximum atomic E-state index is 14.6. The molecule has 180 valence electrons. The number of rotatable bonds is 9. The summed E-state index contributed by atoms with van der Waals surface area (Å²) < 4.78 is 29.1. The second kappa shape index (κ2) is 14.1. The van der Waals surface area contributed by atoms with Crippen molar-refractivity contribution in [3.8, 4) is 23.7 Å². The Morgan fingerprint density at radius 2 is 1.00 bits per heavy atom. The highest BCUT2D eigenvalue weighted by molar-refractivity contribution is 5.49. The van der Waals surface area contributed by atoms with E-state index in [0.717, 1.165) is 36.1 Å². The van der Waals surface area contributed by atoms with Crippen LogP contribution in [0.15, 0.2) is 60.7 Å². The van der Waals surface area contributed by atoms with Crippen LogP contribution in [-0.2, 0) is 12.8 Å². The van der Waals surface area contributed by atoms with Gasteiger partial charge in [-0.3, -0.25) is 0 Å². The van der Waals surface area contributed by atoms with Crippen molar-refractivity contribution >= 4 is 0 Å². The Bertz CT molecular complexity index is 1200. The van der Waals surface area contributed by atoms with Crippen LogP contribution >= 0.6 is 0 Å². The smallest absolute Gasteiger partial charge is 0.140 e. The number of hydrogen-bond donors (Lipinski definition) is 0. The van der Waals surface area contributed by atoms with Gasteiger partial charge in [-0.2, -0.15) is 0 Å². The van der Waals surface area contributed by atoms with Gasteiger partial charge in [-0.1, -0.05) is 100 Å². The Labute approximate surface area is 209 Å². The predicted octanol–water partition coefficient (Wildman–Crippen LogP) is 8.62. The molecule has 3 rings (SSSR count). The van der Waals surface area contributed by atoms with Gasteiger partial charge >= 0.3 is 0 Å². The SMILES string of the molecule is CCCCCCCCCc1ccc(C#Cc2cc(F)c(C#Cc3ccc(CC)cc3)cc2F)cc1. The zero-order chi connectivity index (χ0) is 24.9. The van der Waals surface area contributed by atoms with Gasteiger partial charge in [0, 0.05) is 11.1 Å². The number of aryl methyl sites for hydroxylation is 2. The van der Waals surface area contributed by atoms with E-state index >= 15 is 0 Å². The van der Waals surface area contributed by atoms with E-state index in [1.807, 2.05) is 36.4 Å². The lowest BCUT2D eigenvalue weighted by molar-refractivity contribution is 0.589. The van der Waals surface area contributed by atoms with Crippen LogP contribution in [0.3, 0.4) is 0 Å². The fourth-order valence-electron chi connectivity index (χ4n) is 3.88. The van der Waals surface area contributed by atoms with Gasteiger partial charge in [0.05, 0.1) is 11.1 Å². The molecule has 0 nitrogen and oxygen atoms in total. The molecule has 0 bridgehead atoms.